The predicted octanol–water partition coefficient (Wildman–Crippen LogP) is 5.40. The van der Waals surface area contributed by atoms with Gasteiger partial charge < -0.3 is 8.23 Å². The van der Waals surface area contributed by atoms with Gasteiger partial charge in [0.05, 0.1) is 0 Å². The van der Waals surface area contributed by atoms with Crippen LogP contribution in [0.5, 0.6) is 0 Å². The summed E-state index contributed by atoms with van der Waals surface area (Å²) in [5, 5.41) is 1.29. The second-order valence-electron chi connectivity index (χ2n) is 8.08. The van der Waals surface area contributed by atoms with E-state index in [4.69, 9.17) is 8.23 Å². The van der Waals surface area contributed by atoms with E-state index in [2.05, 4.69) is 76.2 Å². The van der Waals surface area contributed by atoms with Crippen LogP contribution in [0.1, 0.15) is 19.3 Å². The van der Waals surface area contributed by atoms with E-state index in [1.807, 2.05) is 6.08 Å². The Morgan fingerprint density at radius 2 is 1.39 bits per heavy atom. The van der Waals surface area contributed by atoms with Gasteiger partial charge in [-0.1, -0.05) is 42.8 Å². The molecule has 0 spiro atoms. The average molecular weight is 367 g/mol. The lowest BCUT2D eigenvalue weighted by Gasteiger charge is -2.41. The highest BCUT2D eigenvalue weighted by atomic mass is 28.5. The van der Waals surface area contributed by atoms with Crippen molar-refractivity contribution in [3.05, 3.63) is 43.0 Å². The molecule has 1 aromatic rings. The van der Waals surface area contributed by atoms with Crippen molar-refractivity contribution in [3.63, 3.8) is 0 Å². The molecule has 0 N–H and O–H groups in total. The molecule has 0 saturated carbocycles. The highest BCUT2D eigenvalue weighted by molar-refractivity contribution is 6.94. The quantitative estimate of drug-likeness (QED) is 0.314. The van der Waals surface area contributed by atoms with Crippen LogP contribution in [0.3, 0.4) is 0 Å². The topological polar surface area (TPSA) is 18.5 Å². The monoisotopic (exact) mass is 366 g/mol. The van der Waals surface area contributed by atoms with E-state index in [0.717, 1.165) is 25.3 Å². The van der Waals surface area contributed by atoms with Gasteiger partial charge in [0.1, 0.15) is 0 Å². The molecule has 0 aliphatic rings. The van der Waals surface area contributed by atoms with Gasteiger partial charge >= 0.3 is 8.56 Å². The Kier molecular flexibility index (Phi) is 7.67. The van der Waals surface area contributed by atoms with Crippen LogP contribution in [0.2, 0.25) is 45.3 Å². The molecule has 1 rings (SSSR count). The smallest absolute Gasteiger partial charge is 0.351 e. The van der Waals surface area contributed by atoms with Gasteiger partial charge in [0.15, 0.2) is 16.6 Å². The molecular formula is C18H34O2Si3. The molecule has 0 atom stereocenters. The standard InChI is InChI=1S/C18H34O2Si3/c1-8-9-10-14-17-23(19-21(2,3)4,20-22(5,6)7)18-15-12-11-13-16-18/h8,11-13,15-16H,1,9-10,14,17H2,2-7H3. The van der Waals surface area contributed by atoms with Crippen molar-refractivity contribution in [2.45, 2.75) is 64.6 Å². The zero-order valence-corrected chi connectivity index (χ0v) is 18.8. The van der Waals surface area contributed by atoms with Crippen molar-refractivity contribution in [2.24, 2.45) is 0 Å². The van der Waals surface area contributed by atoms with E-state index in [9.17, 15) is 0 Å². The van der Waals surface area contributed by atoms with Crippen LogP contribution < -0.4 is 5.19 Å². The van der Waals surface area contributed by atoms with E-state index in [1.165, 1.54) is 5.19 Å². The Balaban J connectivity index is 3.18. The number of rotatable bonds is 10. The Bertz CT molecular complexity index is 459. The second-order valence-corrected chi connectivity index (χ2v) is 20.7. The molecule has 23 heavy (non-hydrogen) atoms. The summed E-state index contributed by atoms with van der Waals surface area (Å²) in [7, 11) is -5.81. The molecule has 0 aliphatic heterocycles. The van der Waals surface area contributed by atoms with Gasteiger partial charge in [0, 0.05) is 0 Å². The number of hydrogen-bond donors (Lipinski definition) is 0. The molecule has 0 heterocycles. The maximum Gasteiger partial charge on any atom is 0.351 e. The predicted molar refractivity (Wildman–Crippen MR) is 110 cm³/mol. The highest BCUT2D eigenvalue weighted by Gasteiger charge is 2.45. The first-order valence-corrected chi connectivity index (χ1v) is 17.5. The fourth-order valence-corrected chi connectivity index (χ4v) is 14.6. The zero-order valence-electron chi connectivity index (χ0n) is 15.8. The molecule has 2 nitrogen and oxygen atoms in total. The summed E-state index contributed by atoms with van der Waals surface area (Å²) in [6.07, 6.45) is 5.38. The molecule has 0 fully saturated rings. The maximum absolute atomic E-state index is 6.83. The van der Waals surface area contributed by atoms with E-state index in [-0.39, 0.29) is 0 Å². The minimum atomic E-state index is -2.40. The first-order chi connectivity index (χ1) is 10.6. The third-order valence-electron chi connectivity index (χ3n) is 3.32. The number of benzene rings is 1. The van der Waals surface area contributed by atoms with Crippen LogP contribution >= 0.6 is 0 Å². The van der Waals surface area contributed by atoms with Gasteiger partial charge in [0.2, 0.25) is 0 Å². The van der Waals surface area contributed by atoms with Crippen molar-refractivity contribution in [1.29, 1.82) is 0 Å². The van der Waals surface area contributed by atoms with Crippen LogP contribution in [0.25, 0.3) is 0 Å². The van der Waals surface area contributed by atoms with Gasteiger partial charge in [-0.15, -0.1) is 6.58 Å². The second kappa shape index (κ2) is 8.58. The number of hydrogen-bond acceptors (Lipinski definition) is 2. The Labute approximate surface area is 146 Å². The van der Waals surface area contributed by atoms with Crippen LogP contribution in [-0.4, -0.2) is 25.2 Å². The van der Waals surface area contributed by atoms with E-state index in [0.29, 0.717) is 0 Å². The van der Waals surface area contributed by atoms with E-state index < -0.39 is 25.2 Å². The molecule has 0 aliphatic carbocycles. The van der Waals surface area contributed by atoms with Gasteiger partial charge in [-0.2, -0.15) is 0 Å². The Morgan fingerprint density at radius 3 is 1.83 bits per heavy atom. The van der Waals surface area contributed by atoms with Crippen molar-refractivity contribution in [3.8, 4) is 0 Å². The third-order valence-corrected chi connectivity index (χ3v) is 13.1. The fourth-order valence-electron chi connectivity index (χ4n) is 2.71. The average Bonchev–Trinajstić information content (AvgIpc) is 2.41. The molecular weight excluding hydrogens is 332 g/mol. The summed E-state index contributed by atoms with van der Waals surface area (Å²) in [4.78, 5) is 0. The third kappa shape index (κ3) is 7.76. The molecule has 5 heteroatoms. The normalized spacial score (nSPS) is 13.1. The maximum atomic E-state index is 6.83. The zero-order chi connectivity index (χ0) is 17.6. The lowest BCUT2D eigenvalue weighted by molar-refractivity contribution is 0.390. The summed E-state index contributed by atoms with van der Waals surface area (Å²) in [6.45, 7) is 17.5. The Morgan fingerprint density at radius 1 is 0.870 bits per heavy atom. The molecule has 0 saturated heterocycles. The fraction of sp³-hybridized carbons (Fsp3) is 0.556. The molecule has 0 amide bonds. The van der Waals surface area contributed by atoms with Crippen LogP contribution in [-0.2, 0) is 8.23 Å². The van der Waals surface area contributed by atoms with Gasteiger partial charge in [-0.3, -0.25) is 0 Å². The lowest BCUT2D eigenvalue weighted by atomic mass is 10.2. The van der Waals surface area contributed by atoms with Crippen LogP contribution in [0.15, 0.2) is 43.0 Å². The van der Waals surface area contributed by atoms with Gasteiger partial charge in [0.25, 0.3) is 0 Å². The first kappa shape index (κ1) is 20.6. The van der Waals surface area contributed by atoms with Crippen molar-refractivity contribution < 1.29 is 8.23 Å². The summed E-state index contributed by atoms with van der Waals surface area (Å²) in [5.74, 6) is 0. The van der Waals surface area contributed by atoms with Gasteiger partial charge in [-0.05, 0) is 63.4 Å². The molecule has 0 radical (unpaired) electrons. The van der Waals surface area contributed by atoms with Crippen molar-refractivity contribution >= 4 is 30.4 Å². The SMILES string of the molecule is C=CCCCC[Si](O[Si](C)(C)C)(O[Si](C)(C)C)c1ccccc1. The Hall–Kier alpha value is -0.469. The summed E-state index contributed by atoms with van der Waals surface area (Å²) in [5.41, 5.74) is 0. The minimum absolute atomic E-state index is 1.04. The molecule has 0 unspecified atom stereocenters. The summed E-state index contributed by atoms with van der Waals surface area (Å²) < 4.78 is 13.7. The lowest BCUT2D eigenvalue weighted by Crippen LogP contribution is -2.62. The summed E-state index contributed by atoms with van der Waals surface area (Å²) in [6, 6.07) is 11.8. The first-order valence-electron chi connectivity index (χ1n) is 8.65. The largest absolute Gasteiger partial charge is 0.433 e. The van der Waals surface area contributed by atoms with Crippen molar-refractivity contribution in [1.82, 2.24) is 0 Å². The molecule has 0 aromatic heterocycles. The molecule has 130 valence electrons. The van der Waals surface area contributed by atoms with Gasteiger partial charge in [-0.25, -0.2) is 0 Å². The number of allylic oxidation sites excluding steroid dienone is 1. The summed E-state index contributed by atoms with van der Waals surface area (Å²) >= 11 is 0. The van der Waals surface area contributed by atoms with Crippen LogP contribution in [0, 0.1) is 0 Å². The minimum Gasteiger partial charge on any atom is -0.433 e. The number of unbranched alkanes of at least 4 members (excludes halogenated alkanes) is 2. The van der Waals surface area contributed by atoms with Crippen molar-refractivity contribution in [2.75, 3.05) is 0 Å². The van der Waals surface area contributed by atoms with E-state index in [1.54, 1.807) is 0 Å². The highest BCUT2D eigenvalue weighted by Crippen LogP contribution is 2.26. The molecule has 0 bridgehead atoms. The molecule has 1 aromatic carbocycles. The van der Waals surface area contributed by atoms with Crippen LogP contribution in [0.4, 0.5) is 0 Å². The van der Waals surface area contributed by atoms with E-state index >= 15 is 0 Å².